The summed E-state index contributed by atoms with van der Waals surface area (Å²) in [5.74, 6) is 3.75. The highest BCUT2D eigenvalue weighted by atomic mass is 16.5. The van der Waals surface area contributed by atoms with Crippen LogP contribution in [0.4, 0.5) is 0 Å². The van der Waals surface area contributed by atoms with Crippen LogP contribution in [0.25, 0.3) is 0 Å². The smallest absolute Gasteiger partial charge is 0.0631 e. The molecule has 0 aromatic heterocycles. The lowest BCUT2D eigenvalue weighted by Crippen LogP contribution is -2.38. The number of ether oxygens (including phenoxy) is 1. The van der Waals surface area contributed by atoms with Gasteiger partial charge in [0, 0.05) is 6.61 Å². The minimum absolute atomic E-state index is 0.467. The van der Waals surface area contributed by atoms with Gasteiger partial charge in [0.1, 0.15) is 0 Å². The second-order valence-corrected chi connectivity index (χ2v) is 6.45. The lowest BCUT2D eigenvalue weighted by atomic mass is 9.70. The van der Waals surface area contributed by atoms with Crippen LogP contribution < -0.4 is 0 Å². The number of hydrogen-bond donors (Lipinski definition) is 0. The molecule has 0 aromatic carbocycles. The topological polar surface area (TPSA) is 9.23 Å². The van der Waals surface area contributed by atoms with Gasteiger partial charge in [0.25, 0.3) is 0 Å². The predicted molar refractivity (Wildman–Crippen MR) is 70.5 cm³/mol. The van der Waals surface area contributed by atoms with Gasteiger partial charge < -0.3 is 4.74 Å². The average Bonchev–Trinajstić information content (AvgIpc) is 2.38. The average molecular weight is 226 g/mol. The zero-order valence-electron chi connectivity index (χ0n) is 12.0. The summed E-state index contributed by atoms with van der Waals surface area (Å²) in [5, 5.41) is 0. The number of rotatable bonds is 3. The summed E-state index contributed by atoms with van der Waals surface area (Å²) in [6.07, 6.45) is 3.06. The molecule has 0 bridgehead atoms. The van der Waals surface area contributed by atoms with E-state index >= 15 is 0 Å². The zero-order valence-corrected chi connectivity index (χ0v) is 12.0. The van der Waals surface area contributed by atoms with Crippen molar-refractivity contribution in [2.75, 3.05) is 6.61 Å². The van der Waals surface area contributed by atoms with Crippen molar-refractivity contribution in [3.63, 3.8) is 0 Å². The number of hydrogen-bond acceptors (Lipinski definition) is 1. The highest BCUT2D eigenvalue weighted by Crippen LogP contribution is 2.39. The van der Waals surface area contributed by atoms with E-state index in [-0.39, 0.29) is 0 Å². The Morgan fingerprint density at radius 3 is 1.94 bits per heavy atom. The molecule has 1 heteroatoms. The van der Waals surface area contributed by atoms with Gasteiger partial charge in [-0.15, -0.1) is 0 Å². The van der Waals surface area contributed by atoms with Gasteiger partial charge in [0.15, 0.2) is 0 Å². The Kier molecular flexibility index (Phi) is 5.30. The van der Waals surface area contributed by atoms with Gasteiger partial charge in [-0.2, -0.15) is 0 Å². The van der Waals surface area contributed by atoms with Crippen molar-refractivity contribution in [2.45, 2.75) is 60.5 Å². The van der Waals surface area contributed by atoms with Crippen LogP contribution in [0.3, 0.4) is 0 Å². The zero-order chi connectivity index (χ0) is 12.3. The first-order valence-electron chi connectivity index (χ1n) is 7.06. The van der Waals surface area contributed by atoms with Crippen LogP contribution in [0.1, 0.15) is 54.4 Å². The Labute approximate surface area is 102 Å². The summed E-state index contributed by atoms with van der Waals surface area (Å²) < 4.78 is 6.12. The van der Waals surface area contributed by atoms with Gasteiger partial charge >= 0.3 is 0 Å². The summed E-state index contributed by atoms with van der Waals surface area (Å²) >= 11 is 0. The van der Waals surface area contributed by atoms with E-state index in [1.165, 1.54) is 12.8 Å². The molecule has 0 amide bonds. The molecule has 3 unspecified atom stereocenters. The van der Waals surface area contributed by atoms with Crippen LogP contribution in [-0.4, -0.2) is 12.7 Å². The Bertz CT molecular complexity index is 178. The van der Waals surface area contributed by atoms with Crippen molar-refractivity contribution in [1.29, 1.82) is 0 Å². The summed E-state index contributed by atoms with van der Waals surface area (Å²) in [4.78, 5) is 0. The highest BCUT2D eigenvalue weighted by molar-refractivity contribution is 4.85. The summed E-state index contributed by atoms with van der Waals surface area (Å²) in [5.41, 5.74) is 0. The molecule has 0 saturated carbocycles. The molecule has 96 valence electrons. The maximum Gasteiger partial charge on any atom is 0.0631 e. The lowest BCUT2D eigenvalue weighted by molar-refractivity contribution is -0.0381. The van der Waals surface area contributed by atoms with Gasteiger partial charge in [-0.1, -0.05) is 41.5 Å². The van der Waals surface area contributed by atoms with E-state index < -0.39 is 0 Å². The molecule has 0 aromatic rings. The minimum atomic E-state index is 0.467. The fraction of sp³-hybridized carbons (Fsp3) is 1.00. The van der Waals surface area contributed by atoms with E-state index in [1.54, 1.807) is 0 Å². The maximum absolute atomic E-state index is 6.12. The third-order valence-electron chi connectivity index (χ3n) is 4.15. The van der Waals surface area contributed by atoms with Crippen molar-refractivity contribution in [3.05, 3.63) is 0 Å². The fourth-order valence-electron chi connectivity index (χ4n) is 3.37. The first-order valence-corrected chi connectivity index (χ1v) is 7.06. The molecular formula is C15H30O. The Morgan fingerprint density at radius 2 is 1.50 bits per heavy atom. The molecule has 1 rings (SSSR count). The van der Waals surface area contributed by atoms with Crippen LogP contribution in [0.5, 0.6) is 0 Å². The first-order chi connectivity index (χ1) is 7.45. The van der Waals surface area contributed by atoms with Crippen LogP contribution in [0, 0.1) is 29.6 Å². The monoisotopic (exact) mass is 226 g/mol. The first kappa shape index (κ1) is 14.0. The molecule has 0 spiro atoms. The van der Waals surface area contributed by atoms with Crippen molar-refractivity contribution in [1.82, 2.24) is 0 Å². The van der Waals surface area contributed by atoms with Crippen LogP contribution >= 0.6 is 0 Å². The summed E-state index contributed by atoms with van der Waals surface area (Å²) in [6.45, 7) is 15.1. The van der Waals surface area contributed by atoms with Crippen LogP contribution in [0.2, 0.25) is 0 Å². The maximum atomic E-state index is 6.12. The Morgan fingerprint density at radius 1 is 0.875 bits per heavy atom. The Balaban J connectivity index is 2.89. The van der Waals surface area contributed by atoms with E-state index in [1.807, 2.05) is 0 Å². The molecule has 0 radical (unpaired) electrons. The van der Waals surface area contributed by atoms with Crippen molar-refractivity contribution in [3.8, 4) is 0 Å². The molecule has 1 saturated heterocycles. The van der Waals surface area contributed by atoms with Gasteiger partial charge in [0.2, 0.25) is 0 Å². The highest BCUT2D eigenvalue weighted by Gasteiger charge is 2.37. The summed E-state index contributed by atoms with van der Waals surface area (Å²) in [6, 6.07) is 0. The van der Waals surface area contributed by atoms with Crippen LogP contribution in [-0.2, 0) is 4.74 Å². The van der Waals surface area contributed by atoms with Gasteiger partial charge in [0.05, 0.1) is 6.10 Å². The Hall–Kier alpha value is -0.0400. The predicted octanol–water partition coefficient (Wildman–Crippen LogP) is 4.37. The van der Waals surface area contributed by atoms with E-state index in [2.05, 4.69) is 41.5 Å². The second kappa shape index (κ2) is 6.05. The van der Waals surface area contributed by atoms with Gasteiger partial charge in [-0.3, -0.25) is 0 Å². The molecule has 1 fully saturated rings. The molecular weight excluding hydrogens is 196 g/mol. The molecule has 0 N–H and O–H groups in total. The van der Waals surface area contributed by atoms with Gasteiger partial charge in [-0.25, -0.2) is 0 Å². The van der Waals surface area contributed by atoms with E-state index in [4.69, 9.17) is 4.74 Å². The normalized spacial score (nSPS) is 32.4. The summed E-state index contributed by atoms with van der Waals surface area (Å²) in [7, 11) is 0. The molecule has 0 aliphatic carbocycles. The quantitative estimate of drug-likeness (QED) is 0.694. The third-order valence-corrected chi connectivity index (χ3v) is 4.15. The van der Waals surface area contributed by atoms with Crippen molar-refractivity contribution >= 4 is 0 Å². The molecule has 1 heterocycles. The largest absolute Gasteiger partial charge is 0.378 e. The second-order valence-electron chi connectivity index (χ2n) is 6.45. The third kappa shape index (κ3) is 3.23. The molecule has 1 aliphatic heterocycles. The molecule has 16 heavy (non-hydrogen) atoms. The van der Waals surface area contributed by atoms with E-state index in [9.17, 15) is 0 Å². The standard InChI is InChI=1S/C15H30O/c1-10(2)13-8-7-9-16-15(12(5)6)14(13)11(3)4/h10-15H,7-9H2,1-6H3. The SMILES string of the molecule is CC(C)C1CCCOC(C(C)C)C1C(C)C. The van der Waals surface area contributed by atoms with Crippen molar-refractivity contribution in [2.24, 2.45) is 29.6 Å². The molecule has 1 nitrogen and oxygen atoms in total. The van der Waals surface area contributed by atoms with Crippen LogP contribution in [0.15, 0.2) is 0 Å². The van der Waals surface area contributed by atoms with E-state index in [0.29, 0.717) is 12.0 Å². The van der Waals surface area contributed by atoms with Crippen molar-refractivity contribution < 1.29 is 4.74 Å². The van der Waals surface area contributed by atoms with E-state index in [0.717, 1.165) is 30.3 Å². The lowest BCUT2D eigenvalue weighted by Gasteiger charge is -2.38. The molecule has 1 aliphatic rings. The molecule has 3 atom stereocenters. The minimum Gasteiger partial charge on any atom is -0.378 e. The van der Waals surface area contributed by atoms with Gasteiger partial charge in [-0.05, 0) is 42.4 Å². The fourth-order valence-corrected chi connectivity index (χ4v) is 3.37.